The third-order valence-corrected chi connectivity index (χ3v) is 7.96. The standard InChI is InChI=1S/C35H31N3O5/c1-22-11-13-24(14-12-22)29-7-3-4-8-30(29)33(40)36-26-17-15-25(16-18-26)34(41)38-20-27-19-28(43-23(2)39)21-37(27)35(42)31-9-5-6-10-32(31)38/h3-18,27-28H,19-21H2,1-2H3,(H,36,40)/t27-,28-/m1/s1. The van der Waals surface area contributed by atoms with E-state index >= 15 is 0 Å². The van der Waals surface area contributed by atoms with Crippen molar-refractivity contribution in [1.29, 1.82) is 0 Å². The largest absolute Gasteiger partial charge is 0.461 e. The Hall–Kier alpha value is -5.24. The highest BCUT2D eigenvalue weighted by Crippen LogP contribution is 2.34. The van der Waals surface area contributed by atoms with Gasteiger partial charge in [-0.25, -0.2) is 0 Å². The summed E-state index contributed by atoms with van der Waals surface area (Å²) in [7, 11) is 0. The lowest BCUT2D eigenvalue weighted by atomic mass is 9.98. The summed E-state index contributed by atoms with van der Waals surface area (Å²) in [5.41, 5.74) is 5.42. The number of hydrogen-bond acceptors (Lipinski definition) is 5. The van der Waals surface area contributed by atoms with Gasteiger partial charge in [-0.2, -0.15) is 0 Å². The first kappa shape index (κ1) is 27.9. The van der Waals surface area contributed by atoms with Crippen LogP contribution in [0.25, 0.3) is 11.1 Å². The summed E-state index contributed by atoms with van der Waals surface area (Å²) in [6, 6.07) is 29.0. The molecule has 1 N–H and O–H groups in total. The van der Waals surface area contributed by atoms with Gasteiger partial charge in [-0.3, -0.25) is 19.2 Å². The molecule has 0 saturated carbocycles. The number of benzene rings is 4. The van der Waals surface area contributed by atoms with Crippen molar-refractivity contribution in [2.75, 3.05) is 23.3 Å². The fraction of sp³-hybridized carbons (Fsp3) is 0.200. The predicted molar refractivity (Wildman–Crippen MR) is 164 cm³/mol. The molecule has 0 spiro atoms. The fourth-order valence-corrected chi connectivity index (χ4v) is 5.88. The molecule has 0 aromatic heterocycles. The third-order valence-electron chi connectivity index (χ3n) is 7.96. The van der Waals surface area contributed by atoms with Crippen molar-refractivity contribution in [1.82, 2.24) is 4.90 Å². The molecule has 0 radical (unpaired) electrons. The molecule has 1 saturated heterocycles. The van der Waals surface area contributed by atoms with E-state index in [0.29, 0.717) is 41.0 Å². The second kappa shape index (κ2) is 11.6. The van der Waals surface area contributed by atoms with Gasteiger partial charge in [0.25, 0.3) is 17.7 Å². The van der Waals surface area contributed by atoms with E-state index in [1.54, 1.807) is 64.4 Å². The van der Waals surface area contributed by atoms with Crippen LogP contribution in [0.5, 0.6) is 0 Å². The highest BCUT2D eigenvalue weighted by Gasteiger charge is 2.42. The maximum absolute atomic E-state index is 13.9. The Kier molecular flexibility index (Phi) is 7.50. The molecule has 43 heavy (non-hydrogen) atoms. The zero-order valence-corrected chi connectivity index (χ0v) is 23.9. The Morgan fingerprint density at radius 3 is 2.21 bits per heavy atom. The average molecular weight is 574 g/mol. The van der Waals surface area contributed by atoms with E-state index in [9.17, 15) is 19.2 Å². The van der Waals surface area contributed by atoms with Crippen LogP contribution in [0.2, 0.25) is 0 Å². The number of hydrogen-bond donors (Lipinski definition) is 1. The van der Waals surface area contributed by atoms with Crippen LogP contribution >= 0.6 is 0 Å². The molecule has 3 amide bonds. The first-order valence-corrected chi connectivity index (χ1v) is 14.2. The zero-order chi connectivity index (χ0) is 30.1. The van der Waals surface area contributed by atoms with Crippen molar-refractivity contribution < 1.29 is 23.9 Å². The Morgan fingerprint density at radius 2 is 1.49 bits per heavy atom. The van der Waals surface area contributed by atoms with Crippen LogP contribution < -0.4 is 10.2 Å². The number of carbonyl (C=O) groups is 4. The number of amides is 3. The van der Waals surface area contributed by atoms with Gasteiger partial charge in [0.2, 0.25) is 0 Å². The normalized spacial score (nSPS) is 17.5. The number of nitrogens with one attached hydrogen (secondary N) is 1. The molecule has 216 valence electrons. The lowest BCUT2D eigenvalue weighted by molar-refractivity contribution is -0.145. The number of aryl methyl sites for hydroxylation is 1. The zero-order valence-electron chi connectivity index (χ0n) is 23.9. The maximum Gasteiger partial charge on any atom is 0.302 e. The van der Waals surface area contributed by atoms with Gasteiger partial charge in [0.05, 0.1) is 23.8 Å². The summed E-state index contributed by atoms with van der Waals surface area (Å²) < 4.78 is 5.40. The fourth-order valence-electron chi connectivity index (χ4n) is 5.88. The van der Waals surface area contributed by atoms with E-state index in [0.717, 1.165) is 16.7 Å². The van der Waals surface area contributed by atoms with Crippen LogP contribution in [0.15, 0.2) is 97.1 Å². The SMILES string of the molecule is CC(=O)O[C@@H]1C[C@@H]2CN(C(=O)c3ccc(NC(=O)c4ccccc4-c4ccc(C)cc4)cc3)c3ccccc3C(=O)N2C1. The number of rotatable bonds is 5. The number of ether oxygens (including phenoxy) is 1. The summed E-state index contributed by atoms with van der Waals surface area (Å²) in [4.78, 5) is 55.5. The molecule has 1 fully saturated rings. The van der Waals surface area contributed by atoms with Crippen LogP contribution in [0, 0.1) is 6.92 Å². The van der Waals surface area contributed by atoms with Gasteiger partial charge >= 0.3 is 5.97 Å². The summed E-state index contributed by atoms with van der Waals surface area (Å²) in [5, 5.41) is 2.95. The second-order valence-electron chi connectivity index (χ2n) is 11.0. The monoisotopic (exact) mass is 573 g/mol. The lowest BCUT2D eigenvalue weighted by Gasteiger charge is -2.26. The summed E-state index contributed by atoms with van der Waals surface area (Å²) >= 11 is 0. The molecule has 2 heterocycles. The Bertz CT molecular complexity index is 1710. The molecule has 2 atom stereocenters. The molecule has 4 aromatic carbocycles. The topological polar surface area (TPSA) is 96.0 Å². The number of nitrogens with zero attached hydrogens (tertiary/aromatic N) is 2. The van der Waals surface area contributed by atoms with E-state index in [2.05, 4.69) is 5.32 Å². The van der Waals surface area contributed by atoms with Gasteiger partial charge in [-0.15, -0.1) is 0 Å². The first-order valence-electron chi connectivity index (χ1n) is 14.2. The lowest BCUT2D eigenvalue weighted by Crippen LogP contribution is -2.42. The van der Waals surface area contributed by atoms with Crippen LogP contribution in [0.1, 0.15) is 50.0 Å². The molecule has 2 aliphatic rings. The van der Waals surface area contributed by atoms with Gasteiger partial charge < -0.3 is 19.9 Å². The Balaban J connectivity index is 1.22. The molecule has 0 aliphatic carbocycles. The number of para-hydroxylation sites is 1. The molecule has 4 aromatic rings. The quantitative estimate of drug-likeness (QED) is 0.308. The van der Waals surface area contributed by atoms with Gasteiger partial charge in [-0.1, -0.05) is 60.2 Å². The smallest absolute Gasteiger partial charge is 0.302 e. The van der Waals surface area contributed by atoms with E-state index in [1.807, 2.05) is 49.4 Å². The highest BCUT2D eigenvalue weighted by molar-refractivity contribution is 6.12. The third kappa shape index (κ3) is 5.64. The van der Waals surface area contributed by atoms with Crippen molar-refractivity contribution in [2.45, 2.75) is 32.4 Å². The molecule has 0 bridgehead atoms. The molecular weight excluding hydrogens is 542 g/mol. The van der Waals surface area contributed by atoms with Crippen molar-refractivity contribution in [3.8, 4) is 11.1 Å². The van der Waals surface area contributed by atoms with Gasteiger partial charge in [0, 0.05) is 36.7 Å². The van der Waals surface area contributed by atoms with Crippen LogP contribution in [0.4, 0.5) is 11.4 Å². The van der Waals surface area contributed by atoms with Gasteiger partial charge in [0.1, 0.15) is 6.10 Å². The predicted octanol–water partition coefficient (Wildman–Crippen LogP) is 5.72. The van der Waals surface area contributed by atoms with Crippen molar-refractivity contribution in [3.05, 3.63) is 119 Å². The molecule has 8 heteroatoms. The van der Waals surface area contributed by atoms with Crippen LogP contribution in [0.3, 0.4) is 0 Å². The molecule has 6 rings (SSSR count). The van der Waals surface area contributed by atoms with Crippen molar-refractivity contribution in [3.63, 3.8) is 0 Å². The average Bonchev–Trinajstić information content (AvgIpc) is 3.36. The first-order chi connectivity index (χ1) is 20.8. The molecule has 0 unspecified atom stereocenters. The van der Waals surface area contributed by atoms with E-state index in [4.69, 9.17) is 4.74 Å². The molecule has 2 aliphatic heterocycles. The minimum atomic E-state index is -0.410. The van der Waals surface area contributed by atoms with Crippen molar-refractivity contribution in [2.24, 2.45) is 0 Å². The molecular formula is C35H31N3O5. The second-order valence-corrected chi connectivity index (χ2v) is 11.0. The molecule has 8 nitrogen and oxygen atoms in total. The Labute approximate surface area is 249 Å². The summed E-state index contributed by atoms with van der Waals surface area (Å²) in [6.07, 6.45) is 0.0469. The van der Waals surface area contributed by atoms with Crippen LogP contribution in [-0.4, -0.2) is 53.8 Å². The number of fused-ring (bicyclic) bond motifs is 2. The van der Waals surface area contributed by atoms with E-state index in [1.165, 1.54) is 6.92 Å². The summed E-state index contributed by atoms with van der Waals surface area (Å²) in [5.74, 6) is -1.09. The Morgan fingerprint density at radius 1 is 0.814 bits per heavy atom. The van der Waals surface area contributed by atoms with Crippen molar-refractivity contribution >= 4 is 35.1 Å². The van der Waals surface area contributed by atoms with Crippen LogP contribution in [-0.2, 0) is 9.53 Å². The summed E-state index contributed by atoms with van der Waals surface area (Å²) in [6.45, 7) is 3.94. The van der Waals surface area contributed by atoms with Gasteiger partial charge in [0.15, 0.2) is 0 Å². The van der Waals surface area contributed by atoms with E-state index < -0.39 is 12.1 Å². The van der Waals surface area contributed by atoms with E-state index in [-0.39, 0.29) is 30.3 Å². The minimum absolute atomic E-state index is 0.186. The number of carbonyl (C=O) groups excluding carboxylic acids is 4. The highest BCUT2D eigenvalue weighted by atomic mass is 16.5. The number of esters is 1. The maximum atomic E-state index is 13.9. The number of anilines is 2. The minimum Gasteiger partial charge on any atom is -0.461 e. The van der Waals surface area contributed by atoms with Gasteiger partial charge in [-0.05, 0) is 60.5 Å².